The average Bonchev–Trinajstić information content (AvgIpc) is 2.84. The molecular weight excluding hydrogens is 238 g/mol. The van der Waals surface area contributed by atoms with Crippen LogP contribution in [0.4, 0.5) is 0 Å². The highest BCUT2D eigenvalue weighted by atomic mass is 16.5. The molecule has 0 spiro atoms. The van der Waals surface area contributed by atoms with Crippen molar-refractivity contribution in [3.05, 3.63) is 11.7 Å². The van der Waals surface area contributed by atoms with Crippen LogP contribution in [-0.2, 0) is 12.0 Å². The van der Waals surface area contributed by atoms with E-state index in [1.165, 1.54) is 25.7 Å². The lowest BCUT2D eigenvalue weighted by Gasteiger charge is -2.33. The molecule has 19 heavy (non-hydrogen) atoms. The standard InChI is InChI=1S/C15H27N3O/c1-3-4-5-6-9-13-17-14(18-19-13)15(16)10-7-8-12(2)11-15/h12H,3-11,16H2,1-2H3. The topological polar surface area (TPSA) is 64.9 Å². The Morgan fingerprint density at radius 2 is 2.21 bits per heavy atom. The van der Waals surface area contributed by atoms with E-state index in [9.17, 15) is 0 Å². The van der Waals surface area contributed by atoms with Gasteiger partial charge in [-0.3, -0.25) is 0 Å². The fourth-order valence-corrected chi connectivity index (χ4v) is 3.06. The maximum Gasteiger partial charge on any atom is 0.226 e. The number of aromatic nitrogens is 2. The molecule has 0 aliphatic heterocycles. The first-order valence-corrected chi connectivity index (χ1v) is 7.76. The first-order chi connectivity index (χ1) is 9.14. The third-order valence-corrected chi connectivity index (χ3v) is 4.19. The lowest BCUT2D eigenvalue weighted by molar-refractivity contribution is 0.221. The molecule has 0 bridgehead atoms. The number of nitrogens with two attached hydrogens (primary N) is 1. The number of nitrogens with zero attached hydrogens (tertiary/aromatic N) is 2. The zero-order chi connectivity index (χ0) is 13.7. The molecule has 4 heteroatoms. The minimum atomic E-state index is -0.358. The molecule has 0 radical (unpaired) electrons. The molecule has 0 saturated heterocycles. The molecule has 1 fully saturated rings. The monoisotopic (exact) mass is 265 g/mol. The molecule has 2 atom stereocenters. The van der Waals surface area contributed by atoms with Crippen LogP contribution < -0.4 is 5.73 Å². The fourth-order valence-electron chi connectivity index (χ4n) is 3.06. The van der Waals surface area contributed by atoms with Gasteiger partial charge in [-0.1, -0.05) is 51.1 Å². The van der Waals surface area contributed by atoms with E-state index in [2.05, 4.69) is 24.0 Å². The van der Waals surface area contributed by atoms with Gasteiger partial charge >= 0.3 is 0 Å². The largest absolute Gasteiger partial charge is 0.339 e. The Labute approximate surface area is 116 Å². The van der Waals surface area contributed by atoms with Gasteiger partial charge in [0.15, 0.2) is 5.82 Å². The zero-order valence-corrected chi connectivity index (χ0v) is 12.3. The molecule has 1 heterocycles. The number of rotatable bonds is 6. The van der Waals surface area contributed by atoms with Crippen LogP contribution in [0.3, 0.4) is 0 Å². The highest BCUT2D eigenvalue weighted by Crippen LogP contribution is 2.36. The van der Waals surface area contributed by atoms with Crippen LogP contribution in [0.2, 0.25) is 0 Å². The maximum absolute atomic E-state index is 6.48. The predicted molar refractivity (Wildman–Crippen MR) is 75.6 cm³/mol. The van der Waals surface area contributed by atoms with E-state index in [-0.39, 0.29) is 5.54 Å². The summed E-state index contributed by atoms with van der Waals surface area (Å²) in [6, 6.07) is 0. The summed E-state index contributed by atoms with van der Waals surface area (Å²) in [7, 11) is 0. The summed E-state index contributed by atoms with van der Waals surface area (Å²) in [6.45, 7) is 4.47. The van der Waals surface area contributed by atoms with Gasteiger partial charge in [-0.2, -0.15) is 4.98 Å². The first-order valence-electron chi connectivity index (χ1n) is 7.76. The summed E-state index contributed by atoms with van der Waals surface area (Å²) in [5, 5.41) is 4.13. The van der Waals surface area contributed by atoms with Crippen LogP contribution in [0, 0.1) is 5.92 Å². The number of hydrogen-bond donors (Lipinski definition) is 1. The summed E-state index contributed by atoms with van der Waals surface area (Å²) in [6.07, 6.45) is 10.2. The van der Waals surface area contributed by atoms with Gasteiger partial charge in [0, 0.05) is 6.42 Å². The molecular formula is C15H27N3O. The molecule has 0 aromatic carbocycles. The highest BCUT2D eigenvalue weighted by Gasteiger charge is 2.36. The molecule has 1 saturated carbocycles. The number of aryl methyl sites for hydroxylation is 1. The Balaban J connectivity index is 1.92. The predicted octanol–water partition coefficient (Wildman–Crippen LogP) is 3.56. The fraction of sp³-hybridized carbons (Fsp3) is 0.867. The van der Waals surface area contributed by atoms with E-state index in [1.54, 1.807) is 0 Å². The van der Waals surface area contributed by atoms with E-state index in [4.69, 9.17) is 10.3 Å². The average molecular weight is 265 g/mol. The number of unbranched alkanes of at least 4 members (excludes halogenated alkanes) is 3. The molecule has 1 aliphatic rings. The van der Waals surface area contributed by atoms with Crippen molar-refractivity contribution in [1.29, 1.82) is 0 Å². The first kappa shape index (κ1) is 14.5. The van der Waals surface area contributed by atoms with E-state index >= 15 is 0 Å². The maximum atomic E-state index is 6.48. The van der Waals surface area contributed by atoms with Gasteiger partial charge in [0.25, 0.3) is 0 Å². The van der Waals surface area contributed by atoms with Crippen molar-refractivity contribution < 1.29 is 4.52 Å². The van der Waals surface area contributed by atoms with Crippen LogP contribution >= 0.6 is 0 Å². The Bertz CT molecular complexity index is 390. The Kier molecular flexibility index (Phi) is 4.97. The second-order valence-electron chi connectivity index (χ2n) is 6.18. The third kappa shape index (κ3) is 3.78. The summed E-state index contributed by atoms with van der Waals surface area (Å²) in [5.41, 5.74) is 6.12. The van der Waals surface area contributed by atoms with Crippen LogP contribution in [-0.4, -0.2) is 10.1 Å². The van der Waals surface area contributed by atoms with Crippen LogP contribution in [0.5, 0.6) is 0 Å². The van der Waals surface area contributed by atoms with E-state index in [1.807, 2.05) is 0 Å². The lowest BCUT2D eigenvalue weighted by Crippen LogP contribution is -2.42. The van der Waals surface area contributed by atoms with E-state index in [0.29, 0.717) is 5.92 Å². The van der Waals surface area contributed by atoms with Gasteiger partial charge < -0.3 is 10.3 Å². The number of hydrogen-bond acceptors (Lipinski definition) is 4. The van der Waals surface area contributed by atoms with Gasteiger partial charge in [-0.05, 0) is 25.2 Å². The van der Waals surface area contributed by atoms with Gasteiger partial charge in [0.1, 0.15) is 0 Å². The Morgan fingerprint density at radius 3 is 2.95 bits per heavy atom. The molecule has 1 aliphatic carbocycles. The summed E-state index contributed by atoms with van der Waals surface area (Å²) < 4.78 is 5.36. The second kappa shape index (κ2) is 6.51. The molecule has 2 N–H and O–H groups in total. The van der Waals surface area contributed by atoms with Crippen molar-refractivity contribution in [2.24, 2.45) is 11.7 Å². The smallest absolute Gasteiger partial charge is 0.226 e. The minimum absolute atomic E-state index is 0.358. The van der Waals surface area contributed by atoms with Crippen molar-refractivity contribution in [3.8, 4) is 0 Å². The van der Waals surface area contributed by atoms with Crippen LogP contribution in [0.1, 0.15) is 76.9 Å². The molecule has 2 unspecified atom stereocenters. The minimum Gasteiger partial charge on any atom is -0.339 e. The Hall–Kier alpha value is -0.900. The molecule has 4 nitrogen and oxygen atoms in total. The third-order valence-electron chi connectivity index (χ3n) is 4.19. The quantitative estimate of drug-likeness (QED) is 0.799. The summed E-state index contributed by atoms with van der Waals surface area (Å²) >= 11 is 0. The second-order valence-corrected chi connectivity index (χ2v) is 6.18. The molecule has 2 rings (SSSR count). The van der Waals surface area contributed by atoms with Gasteiger partial charge in [-0.25, -0.2) is 0 Å². The van der Waals surface area contributed by atoms with Gasteiger partial charge in [0.2, 0.25) is 5.89 Å². The van der Waals surface area contributed by atoms with Crippen LogP contribution in [0.25, 0.3) is 0 Å². The van der Waals surface area contributed by atoms with Gasteiger partial charge in [0.05, 0.1) is 5.54 Å². The summed E-state index contributed by atoms with van der Waals surface area (Å²) in [5.74, 6) is 2.14. The molecule has 1 aromatic rings. The highest BCUT2D eigenvalue weighted by molar-refractivity contribution is 5.06. The normalized spacial score (nSPS) is 27.6. The van der Waals surface area contributed by atoms with Crippen molar-refractivity contribution in [1.82, 2.24) is 10.1 Å². The van der Waals surface area contributed by atoms with E-state index in [0.717, 1.165) is 43.8 Å². The SMILES string of the molecule is CCCCCCc1nc(C2(N)CCCC(C)C2)no1. The van der Waals surface area contributed by atoms with E-state index < -0.39 is 0 Å². The zero-order valence-electron chi connectivity index (χ0n) is 12.3. The van der Waals surface area contributed by atoms with Crippen molar-refractivity contribution in [2.75, 3.05) is 0 Å². The molecule has 0 amide bonds. The van der Waals surface area contributed by atoms with Crippen LogP contribution in [0.15, 0.2) is 4.52 Å². The lowest BCUT2D eigenvalue weighted by atomic mass is 9.76. The molecule has 108 valence electrons. The van der Waals surface area contributed by atoms with Crippen molar-refractivity contribution in [2.45, 2.75) is 77.2 Å². The molecule has 1 aromatic heterocycles. The van der Waals surface area contributed by atoms with Crippen molar-refractivity contribution in [3.63, 3.8) is 0 Å². The van der Waals surface area contributed by atoms with Gasteiger partial charge in [-0.15, -0.1) is 0 Å². The Morgan fingerprint density at radius 1 is 1.37 bits per heavy atom. The van der Waals surface area contributed by atoms with Crippen molar-refractivity contribution >= 4 is 0 Å². The summed E-state index contributed by atoms with van der Waals surface area (Å²) in [4.78, 5) is 4.53.